The minimum atomic E-state index is -0.609. The third kappa shape index (κ3) is 2.58. The molecule has 0 radical (unpaired) electrons. The lowest BCUT2D eigenvalue weighted by Crippen LogP contribution is -2.02. The molecule has 82 valence electrons. The number of nitro benzene ring substituents is 1. The maximum atomic E-state index is 11.2. The topological polar surface area (TPSA) is 69.4 Å². The Morgan fingerprint density at radius 1 is 1.62 bits per heavy atom. The number of hydrogen-bond acceptors (Lipinski definition) is 4. The monoisotopic (exact) mass is 219 g/mol. The van der Waals surface area contributed by atoms with Gasteiger partial charge in [0.2, 0.25) is 0 Å². The van der Waals surface area contributed by atoms with Crippen LogP contribution in [0, 0.1) is 22.5 Å². The molecule has 0 fully saturated rings. The smallest absolute Gasteiger partial charge is 0.280 e. The molecule has 0 atom stereocenters. The van der Waals surface area contributed by atoms with Crippen molar-refractivity contribution in [2.45, 2.75) is 6.92 Å². The fourth-order valence-electron chi connectivity index (χ4n) is 1.17. The first kappa shape index (κ1) is 11.7. The lowest BCUT2D eigenvalue weighted by molar-refractivity contribution is -0.385. The molecule has 0 aliphatic carbocycles. The van der Waals surface area contributed by atoms with E-state index in [1.807, 2.05) is 0 Å². The van der Waals surface area contributed by atoms with Gasteiger partial charge in [-0.1, -0.05) is 5.92 Å². The quantitative estimate of drug-likeness (QED) is 0.335. The van der Waals surface area contributed by atoms with E-state index in [0.717, 1.165) is 0 Å². The molecule has 0 amide bonds. The van der Waals surface area contributed by atoms with Gasteiger partial charge in [0.1, 0.15) is 12.4 Å². The van der Waals surface area contributed by atoms with Gasteiger partial charge in [-0.25, -0.2) is 0 Å². The highest BCUT2D eigenvalue weighted by Crippen LogP contribution is 2.24. The van der Waals surface area contributed by atoms with E-state index in [4.69, 9.17) is 11.2 Å². The van der Waals surface area contributed by atoms with E-state index in [1.165, 1.54) is 25.1 Å². The summed E-state index contributed by atoms with van der Waals surface area (Å²) in [5, 5.41) is 10.6. The Morgan fingerprint density at radius 2 is 2.31 bits per heavy atom. The number of ketones is 1. The first-order chi connectivity index (χ1) is 7.56. The van der Waals surface area contributed by atoms with Crippen molar-refractivity contribution < 1.29 is 14.5 Å². The number of nitro groups is 1. The first-order valence-corrected chi connectivity index (χ1v) is 4.42. The van der Waals surface area contributed by atoms with Crippen molar-refractivity contribution in [2.75, 3.05) is 6.61 Å². The second-order valence-corrected chi connectivity index (χ2v) is 2.99. The summed E-state index contributed by atoms with van der Waals surface area (Å²) in [6.45, 7) is 1.31. The average Bonchev–Trinajstić information content (AvgIpc) is 2.25. The third-order valence-corrected chi connectivity index (χ3v) is 1.87. The minimum Gasteiger partial charge on any atom is -0.481 e. The summed E-state index contributed by atoms with van der Waals surface area (Å²) in [4.78, 5) is 21.2. The molecule has 0 bridgehead atoms. The molecule has 0 saturated carbocycles. The lowest BCUT2D eigenvalue weighted by Gasteiger charge is -2.04. The van der Waals surface area contributed by atoms with Gasteiger partial charge < -0.3 is 4.74 Å². The number of terminal acetylenes is 1. The average molecular weight is 219 g/mol. The summed E-state index contributed by atoms with van der Waals surface area (Å²) in [6, 6.07) is 3.95. The molecule has 0 aliphatic rings. The Labute approximate surface area is 92.2 Å². The van der Waals surface area contributed by atoms with E-state index in [1.54, 1.807) is 0 Å². The van der Waals surface area contributed by atoms with Gasteiger partial charge in [-0.05, 0) is 19.1 Å². The molecular formula is C11H9NO4. The second-order valence-electron chi connectivity index (χ2n) is 2.99. The summed E-state index contributed by atoms with van der Waals surface area (Å²) in [6.07, 6.45) is 5.00. The molecule has 5 nitrogen and oxygen atoms in total. The van der Waals surface area contributed by atoms with Crippen molar-refractivity contribution >= 4 is 11.5 Å². The molecule has 5 heteroatoms. The number of hydrogen-bond donors (Lipinski definition) is 0. The summed E-state index contributed by atoms with van der Waals surface area (Å²) >= 11 is 0. The van der Waals surface area contributed by atoms with Crippen molar-refractivity contribution in [1.82, 2.24) is 0 Å². The molecule has 16 heavy (non-hydrogen) atoms. The highest BCUT2D eigenvalue weighted by molar-refractivity contribution is 5.98. The van der Waals surface area contributed by atoms with Crippen LogP contribution in [0.4, 0.5) is 5.69 Å². The molecule has 0 spiro atoms. The summed E-state index contributed by atoms with van der Waals surface area (Å²) in [5.74, 6) is 2.21. The van der Waals surface area contributed by atoms with Crippen molar-refractivity contribution in [2.24, 2.45) is 0 Å². The van der Waals surface area contributed by atoms with Gasteiger partial charge >= 0.3 is 0 Å². The van der Waals surface area contributed by atoms with Gasteiger partial charge in [-0.15, -0.1) is 6.42 Å². The van der Waals surface area contributed by atoms with E-state index in [-0.39, 0.29) is 17.9 Å². The highest BCUT2D eigenvalue weighted by atomic mass is 16.6. The lowest BCUT2D eigenvalue weighted by atomic mass is 10.1. The van der Waals surface area contributed by atoms with Crippen LogP contribution in [-0.2, 0) is 0 Å². The molecular weight excluding hydrogens is 210 g/mol. The SMILES string of the molecule is C#CCOc1ccc([N+](=O)[O-])c(C(C)=O)c1. The molecule has 1 aromatic rings. The molecule has 0 saturated heterocycles. The first-order valence-electron chi connectivity index (χ1n) is 4.42. The molecule has 1 rings (SSSR count). The highest BCUT2D eigenvalue weighted by Gasteiger charge is 2.17. The van der Waals surface area contributed by atoms with E-state index in [2.05, 4.69) is 5.92 Å². The van der Waals surface area contributed by atoms with Gasteiger partial charge in [0, 0.05) is 6.07 Å². The van der Waals surface area contributed by atoms with Crippen molar-refractivity contribution in [3.05, 3.63) is 33.9 Å². The zero-order valence-electron chi connectivity index (χ0n) is 8.60. The van der Waals surface area contributed by atoms with Crippen molar-refractivity contribution in [3.63, 3.8) is 0 Å². The largest absolute Gasteiger partial charge is 0.481 e. The van der Waals surface area contributed by atoms with E-state index >= 15 is 0 Å². The molecule has 0 aliphatic heterocycles. The number of Topliss-reactive ketones (excluding diaryl/α,β-unsaturated/α-hetero) is 1. The Balaban J connectivity index is 3.13. The van der Waals surface area contributed by atoms with Crippen LogP contribution >= 0.6 is 0 Å². The van der Waals surface area contributed by atoms with E-state index in [9.17, 15) is 14.9 Å². The number of carbonyl (C=O) groups excluding carboxylic acids is 1. The van der Waals surface area contributed by atoms with Crippen LogP contribution in [-0.4, -0.2) is 17.3 Å². The van der Waals surface area contributed by atoms with Crippen LogP contribution in [0.3, 0.4) is 0 Å². The Hall–Kier alpha value is -2.35. The molecule has 0 aromatic heterocycles. The molecule has 1 aromatic carbocycles. The van der Waals surface area contributed by atoms with Crippen LogP contribution in [0.2, 0.25) is 0 Å². The van der Waals surface area contributed by atoms with Crippen LogP contribution in [0.5, 0.6) is 5.75 Å². The maximum Gasteiger partial charge on any atom is 0.280 e. The summed E-state index contributed by atoms with van der Waals surface area (Å²) in [7, 11) is 0. The summed E-state index contributed by atoms with van der Waals surface area (Å²) in [5.41, 5.74) is -0.222. The van der Waals surface area contributed by atoms with E-state index in [0.29, 0.717) is 5.75 Å². The minimum absolute atomic E-state index is 0.0134. The van der Waals surface area contributed by atoms with Crippen molar-refractivity contribution in [1.29, 1.82) is 0 Å². The number of nitrogens with zero attached hydrogens (tertiary/aromatic N) is 1. The van der Waals surface area contributed by atoms with Gasteiger partial charge in [-0.2, -0.15) is 0 Å². The summed E-state index contributed by atoms with van der Waals surface area (Å²) < 4.78 is 5.07. The Kier molecular flexibility index (Phi) is 3.62. The number of carbonyl (C=O) groups is 1. The van der Waals surface area contributed by atoms with Gasteiger partial charge in [0.15, 0.2) is 5.78 Å². The number of benzene rings is 1. The maximum absolute atomic E-state index is 11.2. The molecule has 0 unspecified atom stereocenters. The molecule has 0 heterocycles. The fraction of sp³-hybridized carbons (Fsp3) is 0.182. The fourth-order valence-corrected chi connectivity index (χ4v) is 1.17. The standard InChI is InChI=1S/C11H9NO4/c1-3-6-16-9-4-5-11(12(14)15)10(7-9)8(2)13/h1,4-5,7H,6H2,2H3. The normalized spacial score (nSPS) is 9.25. The van der Waals surface area contributed by atoms with Gasteiger partial charge in [0.25, 0.3) is 5.69 Å². The van der Waals surface area contributed by atoms with Crippen LogP contribution in [0.25, 0.3) is 0 Å². The Morgan fingerprint density at radius 3 is 2.81 bits per heavy atom. The number of ether oxygens (including phenoxy) is 1. The van der Waals surface area contributed by atoms with Crippen LogP contribution in [0.15, 0.2) is 18.2 Å². The third-order valence-electron chi connectivity index (χ3n) is 1.87. The predicted molar refractivity (Wildman–Crippen MR) is 57.4 cm³/mol. The van der Waals surface area contributed by atoms with Gasteiger partial charge in [-0.3, -0.25) is 14.9 Å². The van der Waals surface area contributed by atoms with Gasteiger partial charge in [0.05, 0.1) is 10.5 Å². The predicted octanol–water partition coefficient (Wildman–Crippen LogP) is 1.81. The Bertz CT molecular complexity index is 473. The van der Waals surface area contributed by atoms with E-state index < -0.39 is 10.7 Å². The molecule has 0 N–H and O–H groups in total. The zero-order chi connectivity index (χ0) is 12.1. The van der Waals surface area contributed by atoms with Crippen LogP contribution in [0.1, 0.15) is 17.3 Å². The van der Waals surface area contributed by atoms with Crippen LogP contribution < -0.4 is 4.74 Å². The number of rotatable bonds is 4. The second kappa shape index (κ2) is 4.94. The van der Waals surface area contributed by atoms with Crippen molar-refractivity contribution in [3.8, 4) is 18.1 Å². The zero-order valence-corrected chi connectivity index (χ0v) is 8.60.